The molecule has 1 amide bonds. The van der Waals surface area contributed by atoms with Gasteiger partial charge in [0.1, 0.15) is 6.61 Å². The van der Waals surface area contributed by atoms with Gasteiger partial charge in [-0.1, -0.05) is 6.92 Å². The molecule has 3 atom stereocenters. The Morgan fingerprint density at radius 3 is 2.79 bits per heavy atom. The summed E-state index contributed by atoms with van der Waals surface area (Å²) in [6.07, 6.45) is 3.38. The van der Waals surface area contributed by atoms with E-state index in [2.05, 4.69) is 19.2 Å². The third-order valence-corrected chi connectivity index (χ3v) is 4.06. The smallest absolute Gasteiger partial charge is 0.248 e. The summed E-state index contributed by atoms with van der Waals surface area (Å²) in [6.45, 7) is 7.25. The number of nitrogens with one attached hydrogen (secondary N) is 1. The van der Waals surface area contributed by atoms with Gasteiger partial charge < -0.3 is 19.7 Å². The molecule has 2 aliphatic rings. The molecular weight excluding hydrogens is 244 g/mol. The van der Waals surface area contributed by atoms with E-state index in [1.807, 2.05) is 4.90 Å². The molecule has 110 valence electrons. The zero-order chi connectivity index (χ0) is 13.7. The number of carbonyl (C=O) groups is 1. The first-order valence-corrected chi connectivity index (χ1v) is 7.44. The Kier molecular flexibility index (Phi) is 5.60. The van der Waals surface area contributed by atoms with Gasteiger partial charge >= 0.3 is 0 Å². The fourth-order valence-electron chi connectivity index (χ4n) is 2.83. The highest BCUT2D eigenvalue weighted by Gasteiger charge is 2.28. The van der Waals surface area contributed by atoms with Crippen LogP contribution in [0.5, 0.6) is 0 Å². The molecule has 5 heteroatoms. The lowest BCUT2D eigenvalue weighted by Gasteiger charge is -2.36. The first-order chi connectivity index (χ1) is 9.20. The number of ether oxygens (including phenoxy) is 2. The second-order valence-corrected chi connectivity index (χ2v) is 5.50. The fourth-order valence-corrected chi connectivity index (χ4v) is 2.83. The number of hydrogen-bond acceptors (Lipinski definition) is 4. The normalized spacial score (nSPS) is 32.3. The Morgan fingerprint density at radius 1 is 1.37 bits per heavy atom. The third-order valence-electron chi connectivity index (χ3n) is 4.06. The highest BCUT2D eigenvalue weighted by Crippen LogP contribution is 2.18. The summed E-state index contributed by atoms with van der Waals surface area (Å²) in [7, 11) is 0. The van der Waals surface area contributed by atoms with Crippen LogP contribution in [0.2, 0.25) is 0 Å². The zero-order valence-corrected chi connectivity index (χ0v) is 12.1. The molecule has 0 radical (unpaired) electrons. The van der Waals surface area contributed by atoms with Crippen LogP contribution in [0.1, 0.15) is 33.1 Å². The molecule has 0 aromatic rings. The van der Waals surface area contributed by atoms with E-state index in [9.17, 15) is 4.79 Å². The summed E-state index contributed by atoms with van der Waals surface area (Å²) < 4.78 is 11.1. The van der Waals surface area contributed by atoms with Crippen LogP contribution in [0.25, 0.3) is 0 Å². The van der Waals surface area contributed by atoms with Crippen LogP contribution in [-0.2, 0) is 14.3 Å². The standard InChI is InChI=1S/C14H26N2O3/c1-3-12-13(5-4-11(2)15-12)19-10-14(17)16-6-8-18-9-7-16/h11-13,15H,3-10H2,1-2H3. The molecule has 2 aliphatic heterocycles. The van der Waals surface area contributed by atoms with E-state index < -0.39 is 0 Å². The largest absolute Gasteiger partial charge is 0.378 e. The van der Waals surface area contributed by atoms with E-state index >= 15 is 0 Å². The molecule has 2 heterocycles. The number of rotatable bonds is 4. The van der Waals surface area contributed by atoms with Crippen molar-refractivity contribution in [1.29, 1.82) is 0 Å². The predicted octanol–water partition coefficient (Wildman–Crippen LogP) is 0.781. The van der Waals surface area contributed by atoms with Crippen LogP contribution < -0.4 is 5.32 Å². The lowest BCUT2D eigenvalue weighted by Crippen LogP contribution is -2.51. The van der Waals surface area contributed by atoms with Gasteiger partial charge in [-0.15, -0.1) is 0 Å². The van der Waals surface area contributed by atoms with Crippen molar-refractivity contribution in [3.8, 4) is 0 Å². The average Bonchev–Trinajstić information content (AvgIpc) is 2.46. The van der Waals surface area contributed by atoms with E-state index in [1.54, 1.807) is 0 Å². The molecule has 3 unspecified atom stereocenters. The minimum atomic E-state index is 0.0942. The molecule has 2 saturated heterocycles. The van der Waals surface area contributed by atoms with E-state index in [0.29, 0.717) is 38.4 Å². The number of piperidine rings is 1. The maximum atomic E-state index is 12.0. The molecular formula is C14H26N2O3. The van der Waals surface area contributed by atoms with Gasteiger partial charge in [0.05, 0.1) is 19.3 Å². The Bertz CT molecular complexity index is 292. The molecule has 5 nitrogen and oxygen atoms in total. The molecule has 0 spiro atoms. The van der Waals surface area contributed by atoms with E-state index in [-0.39, 0.29) is 18.6 Å². The minimum absolute atomic E-state index is 0.0942. The average molecular weight is 270 g/mol. The van der Waals surface area contributed by atoms with Gasteiger partial charge in [-0.25, -0.2) is 0 Å². The van der Waals surface area contributed by atoms with Crippen molar-refractivity contribution in [2.45, 2.75) is 51.3 Å². The number of amides is 1. The van der Waals surface area contributed by atoms with Crippen molar-refractivity contribution in [3.05, 3.63) is 0 Å². The predicted molar refractivity (Wildman–Crippen MR) is 73.0 cm³/mol. The molecule has 0 bridgehead atoms. The van der Waals surface area contributed by atoms with E-state index in [0.717, 1.165) is 19.3 Å². The van der Waals surface area contributed by atoms with Gasteiger partial charge in [0.15, 0.2) is 0 Å². The summed E-state index contributed by atoms with van der Waals surface area (Å²) in [4.78, 5) is 13.9. The van der Waals surface area contributed by atoms with Gasteiger partial charge in [-0.05, 0) is 26.2 Å². The second kappa shape index (κ2) is 7.22. The zero-order valence-electron chi connectivity index (χ0n) is 12.1. The maximum absolute atomic E-state index is 12.0. The molecule has 2 fully saturated rings. The lowest BCUT2D eigenvalue weighted by atomic mass is 9.95. The Labute approximate surface area is 115 Å². The van der Waals surface area contributed by atoms with E-state index in [1.165, 1.54) is 0 Å². The number of nitrogens with zero attached hydrogens (tertiary/aromatic N) is 1. The van der Waals surface area contributed by atoms with Crippen molar-refractivity contribution in [1.82, 2.24) is 10.2 Å². The Morgan fingerprint density at radius 2 is 2.11 bits per heavy atom. The number of carbonyl (C=O) groups excluding carboxylic acids is 1. The third kappa shape index (κ3) is 4.16. The Balaban J connectivity index is 1.75. The maximum Gasteiger partial charge on any atom is 0.248 e. The highest BCUT2D eigenvalue weighted by molar-refractivity contribution is 5.77. The van der Waals surface area contributed by atoms with Crippen molar-refractivity contribution in [2.75, 3.05) is 32.9 Å². The van der Waals surface area contributed by atoms with Crippen LogP contribution >= 0.6 is 0 Å². The summed E-state index contributed by atoms with van der Waals surface area (Å²) in [5.74, 6) is 0.0942. The van der Waals surface area contributed by atoms with Gasteiger partial charge in [0.2, 0.25) is 5.91 Å². The van der Waals surface area contributed by atoms with Crippen LogP contribution in [0, 0.1) is 0 Å². The first-order valence-electron chi connectivity index (χ1n) is 7.44. The molecule has 0 aromatic carbocycles. The van der Waals surface area contributed by atoms with Crippen molar-refractivity contribution in [2.24, 2.45) is 0 Å². The monoisotopic (exact) mass is 270 g/mol. The van der Waals surface area contributed by atoms with Gasteiger partial charge in [0.25, 0.3) is 0 Å². The van der Waals surface area contributed by atoms with Crippen LogP contribution in [-0.4, -0.2) is 61.9 Å². The van der Waals surface area contributed by atoms with Crippen LogP contribution in [0.3, 0.4) is 0 Å². The summed E-state index contributed by atoms with van der Waals surface area (Å²) >= 11 is 0. The molecule has 0 aromatic heterocycles. The van der Waals surface area contributed by atoms with Gasteiger partial charge in [0, 0.05) is 25.2 Å². The molecule has 0 aliphatic carbocycles. The topological polar surface area (TPSA) is 50.8 Å². The van der Waals surface area contributed by atoms with Gasteiger partial charge in [-0.3, -0.25) is 4.79 Å². The van der Waals surface area contributed by atoms with Crippen molar-refractivity contribution in [3.63, 3.8) is 0 Å². The molecule has 19 heavy (non-hydrogen) atoms. The highest BCUT2D eigenvalue weighted by atomic mass is 16.5. The van der Waals surface area contributed by atoms with E-state index in [4.69, 9.17) is 9.47 Å². The quantitative estimate of drug-likeness (QED) is 0.820. The molecule has 2 rings (SSSR count). The summed E-state index contributed by atoms with van der Waals surface area (Å²) in [5, 5.41) is 3.55. The summed E-state index contributed by atoms with van der Waals surface area (Å²) in [5.41, 5.74) is 0. The number of hydrogen-bond donors (Lipinski definition) is 1. The fraction of sp³-hybridized carbons (Fsp3) is 0.929. The van der Waals surface area contributed by atoms with Gasteiger partial charge in [-0.2, -0.15) is 0 Å². The first kappa shape index (κ1) is 14.8. The lowest BCUT2D eigenvalue weighted by molar-refractivity contribution is -0.143. The minimum Gasteiger partial charge on any atom is -0.378 e. The van der Waals surface area contributed by atoms with Crippen LogP contribution in [0.15, 0.2) is 0 Å². The molecule has 1 N–H and O–H groups in total. The van der Waals surface area contributed by atoms with Crippen LogP contribution in [0.4, 0.5) is 0 Å². The summed E-state index contributed by atoms with van der Waals surface area (Å²) in [6, 6.07) is 0.931. The molecule has 0 saturated carbocycles. The Hall–Kier alpha value is -0.650. The second-order valence-electron chi connectivity index (χ2n) is 5.50. The van der Waals surface area contributed by atoms with Crippen molar-refractivity contribution < 1.29 is 14.3 Å². The SMILES string of the molecule is CCC1NC(C)CCC1OCC(=O)N1CCOCC1. The van der Waals surface area contributed by atoms with Crippen molar-refractivity contribution >= 4 is 5.91 Å². The number of morpholine rings is 1.